The van der Waals surface area contributed by atoms with E-state index in [9.17, 15) is 0 Å². The molecule has 0 bridgehead atoms. The molecule has 1 rings (SSSR count). The Morgan fingerprint density at radius 2 is 0.643 bits per heavy atom. The Morgan fingerprint density at radius 1 is 0.357 bits per heavy atom. The first-order valence-corrected chi connectivity index (χ1v) is 5.30. The molecule has 74 valence electrons. The maximum Gasteiger partial charge on any atom is -0.0313 e. The molecule has 0 saturated carbocycles. The van der Waals surface area contributed by atoms with Crippen LogP contribution < -0.4 is 0 Å². The van der Waals surface area contributed by atoms with Crippen LogP contribution in [0.5, 0.6) is 0 Å². The molecule has 0 unspecified atom stereocenters. The molecule has 0 spiro atoms. The molecular formula is C14H18. The molecule has 0 heteroatoms. The van der Waals surface area contributed by atoms with E-state index in [1.165, 1.54) is 0 Å². The van der Waals surface area contributed by atoms with Crippen LogP contribution in [-0.4, -0.2) is 0 Å². The van der Waals surface area contributed by atoms with Gasteiger partial charge in [-0.15, -0.1) is 0 Å². The Morgan fingerprint density at radius 3 is 1.00 bits per heavy atom. The standard InChI is InChI=1S/C14H18/c1-2-4-6-8-10-12-14-13-11-9-7-5-3-1/h1-6,11-14H,7-10H2/b2-1-,5-3?,6-4?,13-11?,14-12?. The van der Waals surface area contributed by atoms with Gasteiger partial charge in [-0.2, -0.15) is 0 Å². The van der Waals surface area contributed by atoms with Crippen molar-refractivity contribution in [3.8, 4) is 0 Å². The summed E-state index contributed by atoms with van der Waals surface area (Å²) in [5.74, 6) is 0. The molecule has 0 aromatic carbocycles. The van der Waals surface area contributed by atoms with Gasteiger partial charge in [0.05, 0.1) is 0 Å². The Balaban J connectivity index is 2.45. The SMILES string of the molecule is C1=CCCC=C/C=C\C=CCCC=C1. The predicted molar refractivity (Wildman–Crippen MR) is 64.2 cm³/mol. The fraction of sp³-hybridized carbons (Fsp3) is 0.286. The second-order valence-corrected chi connectivity index (χ2v) is 3.25. The number of hydrogen-bond acceptors (Lipinski definition) is 0. The first kappa shape index (κ1) is 10.8. The van der Waals surface area contributed by atoms with Gasteiger partial charge >= 0.3 is 0 Å². The van der Waals surface area contributed by atoms with Gasteiger partial charge in [-0.05, 0) is 25.7 Å². The number of allylic oxidation sites excluding steroid dienone is 10. The second kappa shape index (κ2) is 8.31. The summed E-state index contributed by atoms with van der Waals surface area (Å²) in [5, 5.41) is 0. The van der Waals surface area contributed by atoms with E-state index in [0.29, 0.717) is 0 Å². The van der Waals surface area contributed by atoms with Gasteiger partial charge in [0.1, 0.15) is 0 Å². The van der Waals surface area contributed by atoms with E-state index in [0.717, 1.165) is 25.7 Å². The third kappa shape index (κ3) is 6.24. The number of rotatable bonds is 0. The minimum atomic E-state index is 1.12. The summed E-state index contributed by atoms with van der Waals surface area (Å²) in [7, 11) is 0. The van der Waals surface area contributed by atoms with Crippen LogP contribution in [0.25, 0.3) is 0 Å². The zero-order valence-electron chi connectivity index (χ0n) is 8.60. The van der Waals surface area contributed by atoms with Crippen molar-refractivity contribution in [1.29, 1.82) is 0 Å². The maximum absolute atomic E-state index is 2.21. The highest BCUT2D eigenvalue weighted by molar-refractivity contribution is 5.12. The molecular weight excluding hydrogens is 168 g/mol. The van der Waals surface area contributed by atoms with Crippen LogP contribution in [0.1, 0.15) is 25.7 Å². The van der Waals surface area contributed by atoms with Crippen molar-refractivity contribution in [2.45, 2.75) is 25.7 Å². The summed E-state index contributed by atoms with van der Waals surface area (Å²) in [6.45, 7) is 0. The highest BCUT2D eigenvalue weighted by Gasteiger charge is 1.77. The fourth-order valence-electron chi connectivity index (χ4n) is 1.21. The van der Waals surface area contributed by atoms with Crippen molar-refractivity contribution in [2.75, 3.05) is 0 Å². The van der Waals surface area contributed by atoms with Crippen LogP contribution in [0.2, 0.25) is 0 Å². The van der Waals surface area contributed by atoms with Crippen LogP contribution in [0, 0.1) is 0 Å². The molecule has 0 aliphatic heterocycles. The molecule has 0 radical (unpaired) electrons. The van der Waals surface area contributed by atoms with E-state index in [-0.39, 0.29) is 0 Å². The summed E-state index contributed by atoms with van der Waals surface area (Å²) in [4.78, 5) is 0. The molecule has 0 amide bonds. The van der Waals surface area contributed by atoms with Crippen molar-refractivity contribution >= 4 is 0 Å². The van der Waals surface area contributed by atoms with Gasteiger partial charge in [0.25, 0.3) is 0 Å². The molecule has 0 nitrogen and oxygen atoms in total. The van der Waals surface area contributed by atoms with Crippen molar-refractivity contribution < 1.29 is 0 Å². The highest BCUT2D eigenvalue weighted by atomic mass is 13.8. The first-order chi connectivity index (χ1) is 7.00. The van der Waals surface area contributed by atoms with Gasteiger partial charge in [0, 0.05) is 0 Å². The topological polar surface area (TPSA) is 0 Å². The van der Waals surface area contributed by atoms with Crippen LogP contribution >= 0.6 is 0 Å². The van der Waals surface area contributed by atoms with Crippen LogP contribution in [-0.2, 0) is 0 Å². The minimum absolute atomic E-state index is 1.12. The summed E-state index contributed by atoms with van der Waals surface area (Å²) < 4.78 is 0. The average Bonchev–Trinajstić information content (AvgIpc) is 2.22. The maximum atomic E-state index is 2.21. The molecule has 0 aromatic rings. The molecule has 0 aromatic heterocycles. The Labute approximate surface area is 87.0 Å². The van der Waals surface area contributed by atoms with Crippen molar-refractivity contribution in [3.63, 3.8) is 0 Å². The molecule has 1 aliphatic carbocycles. The summed E-state index contributed by atoms with van der Waals surface area (Å²) in [6.07, 6.45) is 26.0. The summed E-state index contributed by atoms with van der Waals surface area (Å²) in [5.41, 5.74) is 0. The van der Waals surface area contributed by atoms with Gasteiger partial charge in [0.15, 0.2) is 0 Å². The molecule has 0 saturated heterocycles. The lowest BCUT2D eigenvalue weighted by atomic mass is 10.2. The zero-order valence-corrected chi connectivity index (χ0v) is 8.60. The van der Waals surface area contributed by atoms with E-state index < -0.39 is 0 Å². The van der Waals surface area contributed by atoms with Gasteiger partial charge in [-0.25, -0.2) is 0 Å². The Hall–Kier alpha value is -1.30. The molecule has 1 aliphatic rings. The predicted octanol–water partition coefficient (Wildman–Crippen LogP) is 4.34. The van der Waals surface area contributed by atoms with E-state index in [4.69, 9.17) is 0 Å². The summed E-state index contributed by atoms with van der Waals surface area (Å²) >= 11 is 0. The third-order valence-corrected chi connectivity index (χ3v) is 1.99. The van der Waals surface area contributed by atoms with E-state index in [1.807, 2.05) is 0 Å². The van der Waals surface area contributed by atoms with Crippen molar-refractivity contribution in [1.82, 2.24) is 0 Å². The fourth-order valence-corrected chi connectivity index (χ4v) is 1.21. The van der Waals surface area contributed by atoms with E-state index in [2.05, 4.69) is 60.8 Å². The van der Waals surface area contributed by atoms with Crippen molar-refractivity contribution in [3.05, 3.63) is 60.8 Å². The third-order valence-electron chi connectivity index (χ3n) is 1.99. The van der Waals surface area contributed by atoms with Gasteiger partial charge in [0.2, 0.25) is 0 Å². The minimum Gasteiger partial charge on any atom is -0.0842 e. The Bertz CT molecular complexity index is 234. The van der Waals surface area contributed by atoms with E-state index in [1.54, 1.807) is 0 Å². The largest absolute Gasteiger partial charge is 0.0842 e. The van der Waals surface area contributed by atoms with Crippen LogP contribution in [0.4, 0.5) is 0 Å². The number of hydrogen-bond donors (Lipinski definition) is 0. The second-order valence-electron chi connectivity index (χ2n) is 3.25. The molecule has 14 heavy (non-hydrogen) atoms. The smallest absolute Gasteiger partial charge is 0.0313 e. The summed E-state index contributed by atoms with van der Waals surface area (Å²) in [6, 6.07) is 0. The van der Waals surface area contributed by atoms with E-state index >= 15 is 0 Å². The normalized spacial score (nSPS) is 20.6. The first-order valence-electron chi connectivity index (χ1n) is 5.30. The quantitative estimate of drug-likeness (QED) is 0.528. The lowest BCUT2D eigenvalue weighted by Crippen LogP contribution is -1.66. The molecule has 0 atom stereocenters. The van der Waals surface area contributed by atoms with Crippen molar-refractivity contribution in [2.24, 2.45) is 0 Å². The highest BCUT2D eigenvalue weighted by Crippen LogP contribution is 1.97. The Kier molecular flexibility index (Phi) is 6.39. The molecule has 0 heterocycles. The monoisotopic (exact) mass is 186 g/mol. The average molecular weight is 186 g/mol. The molecule has 0 fully saturated rings. The van der Waals surface area contributed by atoms with Gasteiger partial charge < -0.3 is 0 Å². The van der Waals surface area contributed by atoms with Gasteiger partial charge in [-0.1, -0.05) is 60.8 Å². The zero-order chi connectivity index (χ0) is 9.90. The van der Waals surface area contributed by atoms with Crippen LogP contribution in [0.3, 0.4) is 0 Å². The lowest BCUT2D eigenvalue weighted by Gasteiger charge is -1.87. The lowest BCUT2D eigenvalue weighted by molar-refractivity contribution is 1.04. The van der Waals surface area contributed by atoms with Crippen LogP contribution in [0.15, 0.2) is 60.8 Å². The molecule has 0 N–H and O–H groups in total. The van der Waals surface area contributed by atoms with Gasteiger partial charge in [-0.3, -0.25) is 0 Å².